The summed E-state index contributed by atoms with van der Waals surface area (Å²) in [6.07, 6.45) is 2.57. The number of rotatable bonds is 2. The quantitative estimate of drug-likeness (QED) is 0.590. The number of ether oxygens (including phenoxy) is 1. The molecule has 1 radical (unpaired) electrons. The summed E-state index contributed by atoms with van der Waals surface area (Å²) in [5.74, 6) is 0. The van der Waals surface area contributed by atoms with Crippen molar-refractivity contribution in [2.45, 2.75) is 6.92 Å². The molecule has 4 heteroatoms. The molecule has 0 amide bonds. The molecule has 0 spiro atoms. The second kappa shape index (κ2) is 2.61. The van der Waals surface area contributed by atoms with Gasteiger partial charge in [-0.1, -0.05) is 4.49 Å². The summed E-state index contributed by atoms with van der Waals surface area (Å²) in [4.78, 5) is 0. The molecule has 1 heterocycles. The molecular weight excluding hydrogens is 124 g/mol. The van der Waals surface area contributed by atoms with E-state index in [0.29, 0.717) is 11.7 Å². The highest BCUT2D eigenvalue weighted by atomic mass is 32.1. The molecule has 0 unspecified atom stereocenters. The van der Waals surface area contributed by atoms with Crippen LogP contribution in [-0.4, -0.2) is 16.2 Å². The molecule has 0 atom stereocenters. The van der Waals surface area contributed by atoms with Gasteiger partial charge in [-0.3, -0.25) is 0 Å². The Balaban J connectivity index is 2.50. The molecular formula is C4H5N2OS. The predicted molar refractivity (Wildman–Crippen MR) is 29.9 cm³/mol. The molecule has 0 aliphatic rings. The van der Waals surface area contributed by atoms with Crippen LogP contribution in [0.15, 0.2) is 0 Å². The zero-order chi connectivity index (χ0) is 5.82. The van der Waals surface area contributed by atoms with E-state index in [2.05, 4.69) is 15.8 Å². The van der Waals surface area contributed by atoms with Gasteiger partial charge >= 0.3 is 0 Å². The topological polar surface area (TPSA) is 35.0 Å². The zero-order valence-corrected chi connectivity index (χ0v) is 5.23. The largest absolute Gasteiger partial charge is 0.482 e. The minimum absolute atomic E-state index is 0.653. The Morgan fingerprint density at radius 1 is 1.88 bits per heavy atom. The van der Waals surface area contributed by atoms with E-state index < -0.39 is 0 Å². The molecule has 0 saturated carbocycles. The van der Waals surface area contributed by atoms with Gasteiger partial charge in [0.05, 0.1) is 6.61 Å². The summed E-state index contributed by atoms with van der Waals surface area (Å²) in [7, 11) is 0. The summed E-state index contributed by atoms with van der Waals surface area (Å²) in [6.45, 7) is 2.56. The summed E-state index contributed by atoms with van der Waals surface area (Å²) in [5, 5.41) is 4.12. The molecule has 0 aliphatic carbocycles. The lowest BCUT2D eigenvalue weighted by atomic mass is 10.8. The fraction of sp³-hybridized carbons (Fsp3) is 0.500. The lowest BCUT2D eigenvalue weighted by Gasteiger charge is -1.90. The van der Waals surface area contributed by atoms with Crippen LogP contribution in [0, 0.1) is 6.20 Å². The van der Waals surface area contributed by atoms with Gasteiger partial charge in [-0.05, 0) is 6.92 Å². The van der Waals surface area contributed by atoms with Gasteiger partial charge in [0.2, 0.25) is 5.06 Å². The standard InChI is InChI=1S/C4H5N2OS/c1-2-7-4-3-5-6-8-4/h2H2,1H3. The zero-order valence-electron chi connectivity index (χ0n) is 4.42. The van der Waals surface area contributed by atoms with Crippen molar-refractivity contribution in [2.24, 2.45) is 0 Å². The maximum absolute atomic E-state index is 4.98. The van der Waals surface area contributed by atoms with Crippen molar-refractivity contribution in [3.05, 3.63) is 6.20 Å². The van der Waals surface area contributed by atoms with E-state index in [1.165, 1.54) is 11.5 Å². The first-order valence-corrected chi connectivity index (χ1v) is 3.03. The summed E-state index contributed by atoms with van der Waals surface area (Å²) < 4.78 is 8.54. The van der Waals surface area contributed by atoms with Crippen LogP contribution in [0.3, 0.4) is 0 Å². The van der Waals surface area contributed by atoms with E-state index in [1.54, 1.807) is 0 Å². The second-order valence-corrected chi connectivity index (χ2v) is 1.82. The Labute approximate surface area is 51.5 Å². The average Bonchev–Trinajstić information content (AvgIpc) is 2.19. The number of hydrogen-bond donors (Lipinski definition) is 0. The first kappa shape index (κ1) is 5.50. The molecule has 0 fully saturated rings. The van der Waals surface area contributed by atoms with Crippen LogP contribution < -0.4 is 4.74 Å². The molecule has 0 aliphatic heterocycles. The smallest absolute Gasteiger partial charge is 0.224 e. The van der Waals surface area contributed by atoms with Crippen LogP contribution in [0.1, 0.15) is 6.92 Å². The molecule has 1 aromatic heterocycles. The van der Waals surface area contributed by atoms with E-state index in [-0.39, 0.29) is 0 Å². The summed E-state index contributed by atoms with van der Waals surface area (Å²) in [6, 6.07) is 0. The van der Waals surface area contributed by atoms with Crippen LogP contribution >= 0.6 is 11.5 Å². The maximum atomic E-state index is 4.98. The monoisotopic (exact) mass is 129 g/mol. The number of hydrogen-bond acceptors (Lipinski definition) is 4. The van der Waals surface area contributed by atoms with Gasteiger partial charge in [-0.2, -0.15) is 0 Å². The van der Waals surface area contributed by atoms with Crippen molar-refractivity contribution < 1.29 is 4.74 Å². The van der Waals surface area contributed by atoms with E-state index in [9.17, 15) is 0 Å². The fourth-order valence-electron chi connectivity index (χ4n) is 0.329. The summed E-state index contributed by atoms with van der Waals surface area (Å²) >= 11 is 1.21. The van der Waals surface area contributed by atoms with E-state index >= 15 is 0 Å². The molecule has 1 rings (SSSR count). The second-order valence-electron chi connectivity index (χ2n) is 1.11. The number of aromatic nitrogens is 2. The maximum Gasteiger partial charge on any atom is 0.224 e. The molecule has 8 heavy (non-hydrogen) atoms. The molecule has 43 valence electrons. The van der Waals surface area contributed by atoms with E-state index in [0.717, 1.165) is 0 Å². The number of nitrogens with zero attached hydrogens (tertiary/aromatic N) is 2. The Morgan fingerprint density at radius 3 is 3.25 bits per heavy atom. The third-order valence-electron chi connectivity index (χ3n) is 0.581. The van der Waals surface area contributed by atoms with Crippen LogP contribution in [0.5, 0.6) is 5.06 Å². The molecule has 3 nitrogen and oxygen atoms in total. The van der Waals surface area contributed by atoms with E-state index in [1.807, 2.05) is 6.92 Å². The molecule has 1 aromatic rings. The van der Waals surface area contributed by atoms with Gasteiger partial charge in [0.25, 0.3) is 0 Å². The van der Waals surface area contributed by atoms with Crippen molar-refractivity contribution in [2.75, 3.05) is 6.61 Å². The van der Waals surface area contributed by atoms with Crippen molar-refractivity contribution in [3.63, 3.8) is 0 Å². The molecule has 0 N–H and O–H groups in total. The summed E-state index contributed by atoms with van der Waals surface area (Å²) in [5.41, 5.74) is 0. The van der Waals surface area contributed by atoms with Gasteiger partial charge < -0.3 is 4.74 Å². The van der Waals surface area contributed by atoms with Crippen LogP contribution in [0.2, 0.25) is 0 Å². The van der Waals surface area contributed by atoms with Crippen molar-refractivity contribution in [1.82, 2.24) is 9.59 Å². The third kappa shape index (κ3) is 1.16. The molecule has 0 aromatic carbocycles. The Kier molecular flexibility index (Phi) is 1.80. The highest BCUT2D eigenvalue weighted by Gasteiger charge is 1.91. The first-order valence-electron chi connectivity index (χ1n) is 2.26. The van der Waals surface area contributed by atoms with Crippen LogP contribution in [0.4, 0.5) is 0 Å². The minimum Gasteiger partial charge on any atom is -0.482 e. The van der Waals surface area contributed by atoms with Gasteiger partial charge in [0, 0.05) is 11.5 Å². The lowest BCUT2D eigenvalue weighted by Crippen LogP contribution is -1.87. The van der Waals surface area contributed by atoms with Crippen molar-refractivity contribution >= 4 is 11.5 Å². The Bertz CT molecular complexity index is 140. The Morgan fingerprint density at radius 2 is 2.75 bits per heavy atom. The average molecular weight is 129 g/mol. The molecule has 0 bridgehead atoms. The van der Waals surface area contributed by atoms with Crippen LogP contribution in [-0.2, 0) is 0 Å². The SMILES string of the molecule is CCOc1[c]nns1. The fourth-order valence-corrected chi connectivity index (χ4v) is 0.737. The van der Waals surface area contributed by atoms with Gasteiger partial charge in [-0.25, -0.2) is 0 Å². The Hall–Kier alpha value is -0.640. The highest BCUT2D eigenvalue weighted by Crippen LogP contribution is 2.10. The lowest BCUT2D eigenvalue weighted by molar-refractivity contribution is 0.349. The van der Waals surface area contributed by atoms with Crippen molar-refractivity contribution in [1.29, 1.82) is 0 Å². The van der Waals surface area contributed by atoms with E-state index in [4.69, 9.17) is 4.74 Å². The normalized spacial score (nSPS) is 9.12. The van der Waals surface area contributed by atoms with Gasteiger partial charge in [0.15, 0.2) is 6.20 Å². The van der Waals surface area contributed by atoms with Crippen molar-refractivity contribution in [3.8, 4) is 5.06 Å². The third-order valence-corrected chi connectivity index (χ3v) is 1.12. The highest BCUT2D eigenvalue weighted by molar-refractivity contribution is 7.07. The van der Waals surface area contributed by atoms with Gasteiger partial charge in [0.1, 0.15) is 0 Å². The van der Waals surface area contributed by atoms with Gasteiger partial charge in [-0.15, -0.1) is 5.10 Å². The first-order chi connectivity index (χ1) is 3.93. The van der Waals surface area contributed by atoms with Crippen LogP contribution in [0.25, 0.3) is 0 Å². The molecule has 0 saturated heterocycles. The predicted octanol–water partition coefficient (Wildman–Crippen LogP) is 0.737. The minimum atomic E-state index is 0.653.